The number of rotatable bonds is 4. The van der Waals surface area contributed by atoms with Gasteiger partial charge in [-0.1, -0.05) is 12.1 Å². The monoisotopic (exact) mass is 386 g/mol. The molecule has 7 heteroatoms. The number of carbonyl (C=O) groups is 1. The Balaban J connectivity index is 1.81. The minimum Gasteiger partial charge on any atom is -0.497 e. The van der Waals surface area contributed by atoms with Crippen LogP contribution in [0.1, 0.15) is 21.5 Å². The van der Waals surface area contributed by atoms with Gasteiger partial charge in [0.25, 0.3) is 5.91 Å². The summed E-state index contributed by atoms with van der Waals surface area (Å²) in [6, 6.07) is 13.5. The molecule has 0 spiro atoms. The molecule has 1 aromatic heterocycles. The van der Waals surface area contributed by atoms with Crippen molar-refractivity contribution in [2.75, 3.05) is 12.4 Å². The third kappa shape index (κ3) is 4.49. The van der Waals surface area contributed by atoms with Gasteiger partial charge in [-0.25, -0.2) is 0 Å². The van der Waals surface area contributed by atoms with E-state index in [0.717, 1.165) is 29.0 Å². The molecule has 3 rings (SSSR count). The Morgan fingerprint density at radius 3 is 2.36 bits per heavy atom. The number of benzene rings is 2. The first kappa shape index (κ1) is 19.4. The zero-order chi connectivity index (χ0) is 20.3. The lowest BCUT2D eigenvalue weighted by Gasteiger charge is -2.12. The summed E-state index contributed by atoms with van der Waals surface area (Å²) in [6.07, 6.45) is -2.84. The van der Waals surface area contributed by atoms with Gasteiger partial charge in [-0.3, -0.25) is 9.78 Å². The summed E-state index contributed by atoms with van der Waals surface area (Å²) in [5.41, 5.74) is 2.08. The van der Waals surface area contributed by atoms with Crippen LogP contribution in [0.15, 0.2) is 60.8 Å². The SMILES string of the molecule is COc1cc(NC(=O)c2ccc(-c3cc(C)ccn3)cc2)cc(C(F)(F)F)c1. The highest BCUT2D eigenvalue weighted by atomic mass is 19.4. The molecule has 0 bridgehead atoms. The van der Waals surface area contributed by atoms with Crippen molar-refractivity contribution in [3.63, 3.8) is 0 Å². The molecule has 0 aliphatic heterocycles. The van der Waals surface area contributed by atoms with Gasteiger partial charge in [-0.05, 0) is 48.9 Å². The lowest BCUT2D eigenvalue weighted by molar-refractivity contribution is -0.137. The van der Waals surface area contributed by atoms with Crippen molar-refractivity contribution >= 4 is 11.6 Å². The molecule has 0 unspecified atom stereocenters. The summed E-state index contributed by atoms with van der Waals surface area (Å²) < 4.78 is 43.9. The highest BCUT2D eigenvalue weighted by Gasteiger charge is 2.31. The standard InChI is InChI=1S/C21H17F3N2O2/c1-13-7-8-25-19(9-13)14-3-5-15(6-4-14)20(27)26-17-10-16(21(22,23)24)11-18(12-17)28-2/h3-12H,1-2H3,(H,26,27). The number of halogens is 3. The van der Waals surface area contributed by atoms with E-state index in [2.05, 4.69) is 10.3 Å². The number of pyridine rings is 1. The molecule has 0 aliphatic carbocycles. The summed E-state index contributed by atoms with van der Waals surface area (Å²) >= 11 is 0. The normalized spacial score (nSPS) is 11.2. The van der Waals surface area contributed by atoms with E-state index in [-0.39, 0.29) is 11.4 Å². The van der Waals surface area contributed by atoms with Gasteiger partial charge in [-0.2, -0.15) is 13.2 Å². The molecule has 1 N–H and O–H groups in total. The van der Waals surface area contributed by atoms with Crippen LogP contribution in [0.25, 0.3) is 11.3 Å². The number of nitrogens with zero attached hydrogens (tertiary/aromatic N) is 1. The number of methoxy groups -OCH3 is 1. The van der Waals surface area contributed by atoms with Crippen LogP contribution < -0.4 is 10.1 Å². The fraction of sp³-hybridized carbons (Fsp3) is 0.143. The highest BCUT2D eigenvalue weighted by Crippen LogP contribution is 2.34. The summed E-state index contributed by atoms with van der Waals surface area (Å²) in [5, 5.41) is 2.48. The molecule has 4 nitrogen and oxygen atoms in total. The van der Waals surface area contributed by atoms with Crippen molar-refractivity contribution in [3.05, 3.63) is 77.5 Å². The Labute approximate surface area is 160 Å². The molecule has 0 radical (unpaired) electrons. The van der Waals surface area contributed by atoms with Gasteiger partial charge in [0.15, 0.2) is 0 Å². The van der Waals surface area contributed by atoms with Crippen molar-refractivity contribution < 1.29 is 22.7 Å². The number of amides is 1. The van der Waals surface area contributed by atoms with E-state index in [1.165, 1.54) is 13.2 Å². The van der Waals surface area contributed by atoms with E-state index in [4.69, 9.17) is 4.74 Å². The number of carbonyl (C=O) groups excluding carboxylic acids is 1. The molecule has 0 aliphatic rings. The number of anilines is 1. The Hall–Kier alpha value is -3.35. The molecule has 144 valence electrons. The molecule has 28 heavy (non-hydrogen) atoms. The zero-order valence-corrected chi connectivity index (χ0v) is 15.2. The van der Waals surface area contributed by atoms with E-state index >= 15 is 0 Å². The summed E-state index contributed by atoms with van der Waals surface area (Å²) in [6.45, 7) is 1.95. The minimum atomic E-state index is -4.55. The first-order valence-electron chi connectivity index (χ1n) is 8.37. The van der Waals surface area contributed by atoms with Crippen LogP contribution in [-0.2, 0) is 6.18 Å². The lowest BCUT2D eigenvalue weighted by Crippen LogP contribution is -2.13. The lowest BCUT2D eigenvalue weighted by atomic mass is 10.1. The second-order valence-corrected chi connectivity index (χ2v) is 6.20. The maximum atomic E-state index is 13.0. The Morgan fingerprint density at radius 2 is 1.75 bits per heavy atom. The highest BCUT2D eigenvalue weighted by molar-refractivity contribution is 6.04. The van der Waals surface area contributed by atoms with E-state index in [0.29, 0.717) is 5.56 Å². The Bertz CT molecular complexity index is 999. The number of ether oxygens (including phenoxy) is 1. The maximum Gasteiger partial charge on any atom is 0.416 e. The second-order valence-electron chi connectivity index (χ2n) is 6.20. The van der Waals surface area contributed by atoms with Crippen LogP contribution in [0.2, 0.25) is 0 Å². The number of alkyl halides is 3. The van der Waals surface area contributed by atoms with Crippen LogP contribution in [0.5, 0.6) is 5.75 Å². The van der Waals surface area contributed by atoms with Crippen molar-refractivity contribution in [2.45, 2.75) is 13.1 Å². The smallest absolute Gasteiger partial charge is 0.416 e. The third-order valence-electron chi connectivity index (χ3n) is 4.09. The molecule has 1 heterocycles. The minimum absolute atomic E-state index is 0.00102. The number of aryl methyl sites for hydroxylation is 1. The first-order chi connectivity index (χ1) is 13.3. The summed E-state index contributed by atoms with van der Waals surface area (Å²) in [5.74, 6) is -0.517. The van der Waals surface area contributed by atoms with E-state index < -0.39 is 17.6 Å². The van der Waals surface area contributed by atoms with E-state index in [1.54, 1.807) is 30.5 Å². The van der Waals surface area contributed by atoms with Crippen LogP contribution in [0.3, 0.4) is 0 Å². The summed E-state index contributed by atoms with van der Waals surface area (Å²) in [4.78, 5) is 16.7. The van der Waals surface area contributed by atoms with Crippen molar-refractivity contribution in [3.8, 4) is 17.0 Å². The van der Waals surface area contributed by atoms with Crippen molar-refractivity contribution in [1.29, 1.82) is 0 Å². The van der Waals surface area contributed by atoms with Gasteiger partial charge in [0.2, 0.25) is 0 Å². The Morgan fingerprint density at radius 1 is 1.04 bits per heavy atom. The molecule has 1 amide bonds. The van der Waals surface area contributed by atoms with Crippen LogP contribution in [0.4, 0.5) is 18.9 Å². The number of nitrogens with one attached hydrogen (secondary N) is 1. The number of hydrogen-bond acceptors (Lipinski definition) is 3. The fourth-order valence-corrected chi connectivity index (χ4v) is 2.64. The zero-order valence-electron chi connectivity index (χ0n) is 15.2. The van der Waals surface area contributed by atoms with E-state index in [9.17, 15) is 18.0 Å². The topological polar surface area (TPSA) is 51.2 Å². The molecule has 3 aromatic rings. The molecule has 0 saturated carbocycles. The fourth-order valence-electron chi connectivity index (χ4n) is 2.64. The van der Waals surface area contributed by atoms with Gasteiger partial charge in [-0.15, -0.1) is 0 Å². The van der Waals surface area contributed by atoms with Crippen molar-refractivity contribution in [2.24, 2.45) is 0 Å². The average Bonchev–Trinajstić information content (AvgIpc) is 2.67. The molecule has 0 fully saturated rings. The van der Waals surface area contributed by atoms with Crippen LogP contribution in [0, 0.1) is 6.92 Å². The molecule has 0 atom stereocenters. The average molecular weight is 386 g/mol. The molecule has 0 saturated heterocycles. The van der Waals surface area contributed by atoms with Gasteiger partial charge < -0.3 is 10.1 Å². The third-order valence-corrected chi connectivity index (χ3v) is 4.09. The predicted octanol–water partition coefficient (Wildman–Crippen LogP) is 5.34. The van der Waals surface area contributed by atoms with Crippen LogP contribution >= 0.6 is 0 Å². The van der Waals surface area contributed by atoms with Gasteiger partial charge >= 0.3 is 6.18 Å². The molecular weight excluding hydrogens is 369 g/mol. The number of aromatic nitrogens is 1. The van der Waals surface area contributed by atoms with Gasteiger partial charge in [0.1, 0.15) is 5.75 Å². The predicted molar refractivity (Wildman–Crippen MR) is 100 cm³/mol. The van der Waals surface area contributed by atoms with Gasteiger partial charge in [0.05, 0.1) is 18.4 Å². The molecular formula is C21H17F3N2O2. The largest absolute Gasteiger partial charge is 0.497 e. The van der Waals surface area contributed by atoms with Gasteiger partial charge in [0, 0.05) is 29.1 Å². The van der Waals surface area contributed by atoms with E-state index in [1.807, 2.05) is 19.1 Å². The Kier molecular flexibility index (Phi) is 5.35. The quantitative estimate of drug-likeness (QED) is 0.659. The first-order valence-corrected chi connectivity index (χ1v) is 8.37. The summed E-state index contributed by atoms with van der Waals surface area (Å²) in [7, 11) is 1.26. The van der Waals surface area contributed by atoms with Crippen molar-refractivity contribution in [1.82, 2.24) is 4.98 Å². The number of hydrogen-bond donors (Lipinski definition) is 1. The van der Waals surface area contributed by atoms with Crippen LogP contribution in [-0.4, -0.2) is 18.0 Å². The molecule has 2 aromatic carbocycles. The maximum absolute atomic E-state index is 13.0. The second kappa shape index (κ2) is 7.72.